The lowest BCUT2D eigenvalue weighted by Gasteiger charge is -2.36. The Labute approximate surface area is 92.6 Å². The molecule has 0 bridgehead atoms. The third-order valence-electron chi connectivity index (χ3n) is 3.45. The van der Waals surface area contributed by atoms with Gasteiger partial charge in [0, 0.05) is 45.4 Å². The highest BCUT2D eigenvalue weighted by molar-refractivity contribution is 4.74. The molecule has 4 heteroatoms. The van der Waals surface area contributed by atoms with Crippen LogP contribution in [-0.4, -0.2) is 69.0 Å². The highest BCUT2D eigenvalue weighted by atomic mass is 16.5. The van der Waals surface area contributed by atoms with Crippen LogP contribution in [-0.2, 0) is 4.74 Å². The van der Waals surface area contributed by atoms with Gasteiger partial charge >= 0.3 is 0 Å². The Morgan fingerprint density at radius 2 is 1.93 bits per heavy atom. The Hall–Kier alpha value is -0.160. The van der Waals surface area contributed by atoms with Gasteiger partial charge in [-0.15, -0.1) is 0 Å². The maximum atomic E-state index is 5.39. The van der Waals surface area contributed by atoms with Crippen molar-refractivity contribution in [2.24, 2.45) is 0 Å². The molecule has 0 aromatic carbocycles. The second kappa shape index (κ2) is 5.80. The SMILES string of the molecule is CN(CN1CCNCC1)C1CCOCC1. The Balaban J connectivity index is 1.72. The maximum Gasteiger partial charge on any atom is 0.0507 e. The molecule has 2 heterocycles. The largest absolute Gasteiger partial charge is 0.381 e. The van der Waals surface area contributed by atoms with Gasteiger partial charge in [-0.3, -0.25) is 9.80 Å². The molecule has 0 atom stereocenters. The van der Waals surface area contributed by atoms with E-state index < -0.39 is 0 Å². The monoisotopic (exact) mass is 213 g/mol. The summed E-state index contributed by atoms with van der Waals surface area (Å²) in [4.78, 5) is 5.03. The molecule has 0 aromatic rings. The molecule has 4 nitrogen and oxygen atoms in total. The Bertz CT molecular complexity index is 177. The molecule has 2 aliphatic heterocycles. The number of piperazine rings is 1. The molecule has 0 aliphatic carbocycles. The molecule has 0 spiro atoms. The van der Waals surface area contributed by atoms with Crippen LogP contribution in [0.25, 0.3) is 0 Å². The van der Waals surface area contributed by atoms with E-state index >= 15 is 0 Å². The fourth-order valence-corrected chi connectivity index (χ4v) is 2.41. The van der Waals surface area contributed by atoms with E-state index in [0.717, 1.165) is 39.0 Å². The second-order valence-corrected chi connectivity index (χ2v) is 4.61. The normalized spacial score (nSPS) is 26.0. The number of nitrogens with zero attached hydrogens (tertiary/aromatic N) is 2. The fraction of sp³-hybridized carbons (Fsp3) is 1.00. The van der Waals surface area contributed by atoms with Crippen LogP contribution in [0.2, 0.25) is 0 Å². The van der Waals surface area contributed by atoms with E-state index in [9.17, 15) is 0 Å². The quantitative estimate of drug-likeness (QED) is 0.712. The molecule has 2 fully saturated rings. The van der Waals surface area contributed by atoms with Crippen molar-refractivity contribution in [2.45, 2.75) is 18.9 Å². The molecular formula is C11H23N3O. The van der Waals surface area contributed by atoms with Crippen LogP contribution < -0.4 is 5.32 Å². The summed E-state index contributed by atoms with van der Waals surface area (Å²) < 4.78 is 5.39. The number of rotatable bonds is 3. The first-order valence-electron chi connectivity index (χ1n) is 6.07. The van der Waals surface area contributed by atoms with E-state index in [1.165, 1.54) is 25.9 Å². The van der Waals surface area contributed by atoms with Crippen molar-refractivity contribution in [2.75, 3.05) is 53.1 Å². The summed E-state index contributed by atoms with van der Waals surface area (Å²) in [5, 5.41) is 3.39. The van der Waals surface area contributed by atoms with Gasteiger partial charge in [0.15, 0.2) is 0 Å². The zero-order chi connectivity index (χ0) is 10.5. The van der Waals surface area contributed by atoms with E-state index in [1.54, 1.807) is 0 Å². The molecule has 88 valence electrons. The van der Waals surface area contributed by atoms with Crippen LogP contribution in [0.3, 0.4) is 0 Å². The minimum atomic E-state index is 0.730. The van der Waals surface area contributed by atoms with Crippen molar-refractivity contribution in [3.8, 4) is 0 Å². The summed E-state index contributed by atoms with van der Waals surface area (Å²) in [6.45, 7) is 7.66. The lowest BCUT2D eigenvalue weighted by atomic mass is 10.1. The predicted molar refractivity (Wildman–Crippen MR) is 60.9 cm³/mol. The van der Waals surface area contributed by atoms with Crippen molar-refractivity contribution in [3.05, 3.63) is 0 Å². The number of hydrogen-bond acceptors (Lipinski definition) is 4. The summed E-state index contributed by atoms with van der Waals surface area (Å²) >= 11 is 0. The molecule has 2 aliphatic rings. The molecule has 0 amide bonds. The van der Waals surface area contributed by atoms with Crippen LogP contribution >= 0.6 is 0 Å². The van der Waals surface area contributed by atoms with E-state index in [1.807, 2.05) is 0 Å². The average Bonchev–Trinajstić information content (AvgIpc) is 2.31. The number of hydrogen-bond donors (Lipinski definition) is 1. The minimum Gasteiger partial charge on any atom is -0.381 e. The maximum absolute atomic E-state index is 5.39. The van der Waals surface area contributed by atoms with E-state index in [4.69, 9.17) is 4.74 Å². The van der Waals surface area contributed by atoms with Crippen LogP contribution in [0, 0.1) is 0 Å². The smallest absolute Gasteiger partial charge is 0.0507 e. The lowest BCUT2D eigenvalue weighted by molar-refractivity contribution is 0.0204. The molecular weight excluding hydrogens is 190 g/mol. The first-order chi connectivity index (χ1) is 7.36. The Morgan fingerprint density at radius 3 is 2.60 bits per heavy atom. The van der Waals surface area contributed by atoms with E-state index in [-0.39, 0.29) is 0 Å². The summed E-state index contributed by atoms with van der Waals surface area (Å²) in [5.41, 5.74) is 0. The van der Waals surface area contributed by atoms with E-state index in [2.05, 4.69) is 22.2 Å². The fourth-order valence-electron chi connectivity index (χ4n) is 2.41. The third kappa shape index (κ3) is 3.41. The Morgan fingerprint density at radius 1 is 1.27 bits per heavy atom. The highest BCUT2D eigenvalue weighted by Crippen LogP contribution is 2.13. The minimum absolute atomic E-state index is 0.730. The predicted octanol–water partition coefficient (Wildman–Crippen LogP) is -0.0401. The zero-order valence-electron chi connectivity index (χ0n) is 9.74. The van der Waals surface area contributed by atoms with Gasteiger partial charge < -0.3 is 10.1 Å². The van der Waals surface area contributed by atoms with Gasteiger partial charge in [0.2, 0.25) is 0 Å². The van der Waals surface area contributed by atoms with Gasteiger partial charge in [-0.2, -0.15) is 0 Å². The van der Waals surface area contributed by atoms with Gasteiger partial charge in [-0.05, 0) is 19.9 Å². The molecule has 2 rings (SSSR count). The third-order valence-corrected chi connectivity index (χ3v) is 3.45. The summed E-state index contributed by atoms with van der Waals surface area (Å²) in [5.74, 6) is 0. The molecule has 1 N–H and O–H groups in total. The van der Waals surface area contributed by atoms with Gasteiger partial charge in [0.25, 0.3) is 0 Å². The van der Waals surface area contributed by atoms with E-state index in [0.29, 0.717) is 0 Å². The van der Waals surface area contributed by atoms with Crippen molar-refractivity contribution in [3.63, 3.8) is 0 Å². The van der Waals surface area contributed by atoms with Gasteiger partial charge in [-0.25, -0.2) is 0 Å². The number of ether oxygens (including phenoxy) is 1. The Kier molecular flexibility index (Phi) is 4.38. The topological polar surface area (TPSA) is 27.7 Å². The summed E-state index contributed by atoms with van der Waals surface area (Å²) in [7, 11) is 2.25. The molecule has 0 unspecified atom stereocenters. The summed E-state index contributed by atoms with van der Waals surface area (Å²) in [6.07, 6.45) is 2.39. The van der Waals surface area contributed by atoms with Crippen LogP contribution in [0.5, 0.6) is 0 Å². The first kappa shape index (κ1) is 11.3. The molecule has 15 heavy (non-hydrogen) atoms. The zero-order valence-corrected chi connectivity index (χ0v) is 9.74. The average molecular weight is 213 g/mol. The highest BCUT2D eigenvalue weighted by Gasteiger charge is 2.20. The second-order valence-electron chi connectivity index (χ2n) is 4.61. The van der Waals surface area contributed by atoms with Crippen LogP contribution in [0.4, 0.5) is 0 Å². The molecule has 2 saturated heterocycles. The first-order valence-corrected chi connectivity index (χ1v) is 6.07. The molecule has 0 radical (unpaired) electrons. The van der Waals surface area contributed by atoms with Crippen molar-refractivity contribution < 1.29 is 4.74 Å². The van der Waals surface area contributed by atoms with Gasteiger partial charge in [0.05, 0.1) is 6.67 Å². The lowest BCUT2D eigenvalue weighted by Crippen LogP contribution is -2.50. The standard InChI is InChI=1S/C11H23N3O/c1-13(11-2-8-15-9-3-11)10-14-6-4-12-5-7-14/h11-12H,2-10H2,1H3. The van der Waals surface area contributed by atoms with Crippen molar-refractivity contribution in [1.29, 1.82) is 0 Å². The summed E-state index contributed by atoms with van der Waals surface area (Å²) in [6, 6.07) is 0.730. The van der Waals surface area contributed by atoms with Crippen LogP contribution in [0.15, 0.2) is 0 Å². The molecule has 0 aromatic heterocycles. The van der Waals surface area contributed by atoms with Gasteiger partial charge in [0.1, 0.15) is 0 Å². The molecule has 0 saturated carbocycles. The number of nitrogens with one attached hydrogen (secondary N) is 1. The van der Waals surface area contributed by atoms with Crippen LogP contribution in [0.1, 0.15) is 12.8 Å². The van der Waals surface area contributed by atoms with Gasteiger partial charge in [-0.1, -0.05) is 0 Å². The van der Waals surface area contributed by atoms with Crippen molar-refractivity contribution >= 4 is 0 Å². The van der Waals surface area contributed by atoms with Crippen molar-refractivity contribution in [1.82, 2.24) is 15.1 Å².